The molecule has 2 saturated carbocycles. The van der Waals surface area contributed by atoms with Crippen LogP contribution in [0.5, 0.6) is 0 Å². The molecule has 15 heteroatoms. The predicted octanol–water partition coefficient (Wildman–Crippen LogP) is 3.91. The molecule has 4 rings (SSSR count). The van der Waals surface area contributed by atoms with Crippen LogP contribution in [0.1, 0.15) is 118 Å². The molecule has 0 bridgehead atoms. The van der Waals surface area contributed by atoms with E-state index in [9.17, 15) is 32.4 Å². The van der Waals surface area contributed by atoms with E-state index >= 15 is 0 Å². The highest BCUT2D eigenvalue weighted by Gasteiger charge is 2.53. The summed E-state index contributed by atoms with van der Waals surface area (Å²) < 4.78 is 24.7. The molecule has 0 aromatic rings. The average molecular weight is 749 g/mol. The maximum atomic E-state index is 14.5. The first-order valence-electron chi connectivity index (χ1n) is 17.9. The summed E-state index contributed by atoms with van der Waals surface area (Å²) in [6, 6.07) is -4.06. The van der Waals surface area contributed by atoms with Crippen molar-refractivity contribution in [3.63, 3.8) is 0 Å². The quantitative estimate of drug-likeness (QED) is 0.164. The Kier molecular flexibility index (Phi) is 12.7. The van der Waals surface area contributed by atoms with Gasteiger partial charge in [0, 0.05) is 18.5 Å². The van der Waals surface area contributed by atoms with E-state index in [1.165, 1.54) is 4.90 Å². The van der Waals surface area contributed by atoms with Crippen LogP contribution >= 0.6 is 23.2 Å². The number of halogens is 2. The molecule has 0 spiro atoms. The lowest BCUT2D eigenvalue weighted by Crippen LogP contribution is -2.65. The molecule has 0 aromatic carbocycles. The van der Waals surface area contributed by atoms with Gasteiger partial charge >= 0.3 is 6.03 Å². The van der Waals surface area contributed by atoms with Crippen molar-refractivity contribution in [3.8, 4) is 0 Å². The van der Waals surface area contributed by atoms with Gasteiger partial charge in [0.1, 0.15) is 16.4 Å². The van der Waals surface area contributed by atoms with Gasteiger partial charge in [-0.05, 0) is 63.7 Å². The second-order valence-corrected chi connectivity index (χ2v) is 19.8. The smallest absolute Gasteiger partial charge is 0.315 e. The van der Waals surface area contributed by atoms with Gasteiger partial charge in [-0.1, -0.05) is 59.8 Å². The summed E-state index contributed by atoms with van der Waals surface area (Å²) in [5.41, 5.74) is -1.74. The summed E-state index contributed by atoms with van der Waals surface area (Å²) in [6.45, 7) is 8.98. The largest absolute Gasteiger partial charge is 0.347 e. The van der Waals surface area contributed by atoms with Gasteiger partial charge in [-0.25, -0.2) is 13.2 Å². The van der Waals surface area contributed by atoms with E-state index in [0.717, 1.165) is 38.5 Å². The molecular formula is C34H55Cl2N5O7S. The average Bonchev–Trinajstić information content (AvgIpc) is 3.56. The predicted molar refractivity (Wildman–Crippen MR) is 189 cm³/mol. The Bertz CT molecular complexity index is 1370. The second-order valence-electron chi connectivity index (χ2n) is 15.8. The van der Waals surface area contributed by atoms with Crippen LogP contribution in [0, 0.1) is 11.3 Å². The van der Waals surface area contributed by atoms with Crippen LogP contribution in [0.2, 0.25) is 0 Å². The summed E-state index contributed by atoms with van der Waals surface area (Å²) in [5.74, 6) is -3.29. The molecule has 278 valence electrons. The van der Waals surface area contributed by atoms with Crippen LogP contribution in [0.4, 0.5) is 4.79 Å². The number of unbranched alkanes of at least 4 members (excludes halogenated alkanes) is 1. The Hall–Kier alpha value is -2.12. The number of nitrogens with one attached hydrogen (secondary N) is 4. The van der Waals surface area contributed by atoms with E-state index in [4.69, 9.17) is 23.2 Å². The molecule has 2 aliphatic heterocycles. The van der Waals surface area contributed by atoms with Crippen molar-refractivity contribution in [3.05, 3.63) is 0 Å². The molecule has 12 nitrogen and oxygen atoms in total. The molecule has 2 unspecified atom stereocenters. The molecule has 0 radical (unpaired) electrons. The number of sulfone groups is 1. The zero-order chi connectivity index (χ0) is 36.4. The Labute approximate surface area is 301 Å². The maximum absolute atomic E-state index is 14.5. The van der Waals surface area contributed by atoms with Crippen molar-refractivity contribution in [2.24, 2.45) is 11.3 Å². The van der Waals surface area contributed by atoms with Crippen molar-refractivity contribution in [2.75, 3.05) is 12.3 Å². The highest BCUT2D eigenvalue weighted by atomic mass is 35.5. The third-order valence-electron chi connectivity index (χ3n) is 10.7. The van der Waals surface area contributed by atoms with Gasteiger partial charge in [-0.15, -0.1) is 23.2 Å². The topological polar surface area (TPSA) is 171 Å². The number of hydrogen-bond acceptors (Lipinski definition) is 7. The fourth-order valence-electron chi connectivity index (χ4n) is 7.80. The van der Waals surface area contributed by atoms with Crippen molar-refractivity contribution >= 4 is 62.6 Å². The molecule has 5 atom stereocenters. The molecule has 4 fully saturated rings. The molecule has 49 heavy (non-hydrogen) atoms. The Morgan fingerprint density at radius 1 is 0.918 bits per heavy atom. The van der Waals surface area contributed by atoms with Gasteiger partial charge in [-0.2, -0.15) is 0 Å². The maximum Gasteiger partial charge on any atom is 0.315 e. The molecule has 4 aliphatic rings. The van der Waals surface area contributed by atoms with Crippen LogP contribution in [-0.2, 0) is 29.0 Å². The number of ketones is 1. The molecule has 0 aromatic heterocycles. The van der Waals surface area contributed by atoms with Gasteiger partial charge in [0.05, 0.1) is 22.6 Å². The minimum Gasteiger partial charge on any atom is -0.347 e. The number of nitrogens with zero attached hydrogens (tertiary/aromatic N) is 1. The Morgan fingerprint density at radius 3 is 2.10 bits per heavy atom. The monoisotopic (exact) mass is 747 g/mol. The van der Waals surface area contributed by atoms with Crippen LogP contribution < -0.4 is 21.3 Å². The Morgan fingerprint density at radius 2 is 1.57 bits per heavy atom. The van der Waals surface area contributed by atoms with E-state index in [-0.39, 0.29) is 31.2 Å². The first-order chi connectivity index (χ1) is 22.8. The molecule has 2 aliphatic carbocycles. The first-order valence-corrected chi connectivity index (χ1v) is 20.4. The fraction of sp³-hybridized carbons (Fsp3) is 0.853. The minimum atomic E-state index is -3.38. The SMILES string of the molecule is CCCC[C@H](NC(=O)[C@@H]1C(C(C)(Cl)Cl)CCN1C(=O)[C@@H](NC(=O)NC1(C2CCCS2(=O)=O)CCCCC1)C(C)(C)C)C(=O)C(=O)NC1CC1. The van der Waals surface area contributed by atoms with Gasteiger partial charge in [0.25, 0.3) is 5.91 Å². The van der Waals surface area contributed by atoms with E-state index in [1.807, 2.05) is 6.92 Å². The number of carbonyl (C=O) groups is 5. The summed E-state index contributed by atoms with van der Waals surface area (Å²) in [4.78, 5) is 69.6. The van der Waals surface area contributed by atoms with Gasteiger partial charge < -0.3 is 26.2 Å². The van der Waals surface area contributed by atoms with Gasteiger partial charge in [-0.3, -0.25) is 19.2 Å². The van der Waals surface area contributed by atoms with Crippen molar-refractivity contribution < 1.29 is 32.4 Å². The number of likely N-dealkylation sites (tertiary alicyclic amines) is 1. The fourth-order valence-corrected chi connectivity index (χ4v) is 10.6. The standard InChI is InChI=1S/C34H55Cl2N5O7S/c1-6-7-12-23(26(42)29(44)37-21-14-15-21)38-28(43)25-22(33(5,35)36)16-19-41(25)30(45)27(32(2,3)4)39-31(46)40-34(17-9-8-10-18-34)24-13-11-20-49(24,47)48/h21-25,27H,6-20H2,1-5H3,(H,37,44)(H,38,43)(H2,39,40,46)/t22?,23-,24?,25-,27+/m0/s1. The molecule has 2 heterocycles. The highest BCUT2D eigenvalue weighted by molar-refractivity contribution is 7.92. The lowest BCUT2D eigenvalue weighted by Gasteiger charge is -2.43. The van der Waals surface area contributed by atoms with E-state index in [0.29, 0.717) is 32.1 Å². The lowest BCUT2D eigenvalue weighted by molar-refractivity contribution is -0.144. The Balaban J connectivity index is 1.57. The van der Waals surface area contributed by atoms with Crippen LogP contribution in [0.15, 0.2) is 0 Å². The summed E-state index contributed by atoms with van der Waals surface area (Å²) >= 11 is 13.2. The lowest BCUT2D eigenvalue weighted by atomic mass is 9.78. The number of amides is 5. The van der Waals surface area contributed by atoms with Crippen molar-refractivity contribution in [2.45, 2.75) is 157 Å². The molecule has 5 amide bonds. The number of alkyl halides is 2. The number of carbonyl (C=O) groups excluding carboxylic acids is 5. The third kappa shape index (κ3) is 9.61. The number of urea groups is 1. The minimum absolute atomic E-state index is 0.0332. The van der Waals surface area contributed by atoms with Crippen LogP contribution in [0.3, 0.4) is 0 Å². The number of Topliss-reactive ketones (excluding diaryl/α,β-unsaturated/α-hetero) is 1. The van der Waals surface area contributed by atoms with Gasteiger partial charge in [0.15, 0.2) is 9.84 Å². The van der Waals surface area contributed by atoms with E-state index in [1.54, 1.807) is 27.7 Å². The highest BCUT2D eigenvalue weighted by Crippen LogP contribution is 2.42. The molecular weight excluding hydrogens is 693 g/mol. The normalized spacial score (nSPS) is 26.3. The van der Waals surface area contributed by atoms with Gasteiger partial charge in [0.2, 0.25) is 17.6 Å². The van der Waals surface area contributed by atoms with Crippen LogP contribution in [0.25, 0.3) is 0 Å². The molecule has 4 N–H and O–H groups in total. The number of rotatable bonds is 13. The zero-order valence-corrected chi connectivity index (χ0v) is 31.9. The summed E-state index contributed by atoms with van der Waals surface area (Å²) in [5, 5.41) is 10.7. The second kappa shape index (κ2) is 15.6. The zero-order valence-electron chi connectivity index (χ0n) is 29.5. The summed E-state index contributed by atoms with van der Waals surface area (Å²) in [6.07, 6.45) is 8.10. The van der Waals surface area contributed by atoms with Crippen molar-refractivity contribution in [1.29, 1.82) is 0 Å². The van der Waals surface area contributed by atoms with Crippen LogP contribution in [-0.4, -0.2) is 94.4 Å². The number of hydrogen-bond donors (Lipinski definition) is 4. The summed E-state index contributed by atoms with van der Waals surface area (Å²) in [7, 11) is -3.38. The third-order valence-corrected chi connectivity index (χ3v) is 13.6. The molecule has 2 saturated heterocycles. The van der Waals surface area contributed by atoms with E-state index in [2.05, 4.69) is 21.3 Å². The first kappa shape index (κ1) is 39.7. The van der Waals surface area contributed by atoms with Crippen molar-refractivity contribution in [1.82, 2.24) is 26.2 Å². The van der Waals surface area contributed by atoms with E-state index < -0.39 is 84.0 Å².